The minimum Gasteiger partial charge on any atom is -0.430 e. The second kappa shape index (κ2) is 3.81. The molecule has 0 aromatic carbocycles. The summed E-state index contributed by atoms with van der Waals surface area (Å²) in [6.45, 7) is 7.94. The summed E-state index contributed by atoms with van der Waals surface area (Å²) in [5.74, 6) is 1.19. The van der Waals surface area contributed by atoms with Crippen molar-refractivity contribution in [2.24, 2.45) is 11.8 Å². The smallest absolute Gasteiger partial charge is 0.430 e. The molecule has 0 saturated carbocycles. The first-order chi connectivity index (χ1) is 6.06. The van der Waals surface area contributed by atoms with E-state index < -0.39 is 6.16 Å². The van der Waals surface area contributed by atoms with Gasteiger partial charge in [0.1, 0.15) is 11.9 Å². The first-order valence-corrected chi connectivity index (χ1v) is 4.61. The molecule has 3 nitrogen and oxygen atoms in total. The predicted octanol–water partition coefficient (Wildman–Crippen LogP) is 2.72. The maximum Gasteiger partial charge on any atom is 0.513 e. The van der Waals surface area contributed by atoms with Crippen LogP contribution < -0.4 is 0 Å². The summed E-state index contributed by atoms with van der Waals surface area (Å²) in [5.41, 5.74) is 0. The Morgan fingerprint density at radius 1 is 1.46 bits per heavy atom. The summed E-state index contributed by atoms with van der Waals surface area (Å²) in [6.07, 6.45) is 1.18. The molecular formula is C10H16O3. The van der Waals surface area contributed by atoms with Gasteiger partial charge in [-0.1, -0.05) is 20.8 Å². The van der Waals surface area contributed by atoms with Crippen molar-refractivity contribution in [1.29, 1.82) is 0 Å². The van der Waals surface area contributed by atoms with Crippen LogP contribution in [0.5, 0.6) is 0 Å². The zero-order chi connectivity index (χ0) is 10.0. The minimum atomic E-state index is -0.579. The number of carbonyl (C=O) groups is 1. The number of cyclic esters (lactones) is 2. The van der Waals surface area contributed by atoms with Gasteiger partial charge in [-0.25, -0.2) is 4.79 Å². The highest BCUT2D eigenvalue weighted by Crippen LogP contribution is 2.29. The van der Waals surface area contributed by atoms with E-state index >= 15 is 0 Å². The van der Waals surface area contributed by atoms with E-state index in [0.29, 0.717) is 5.92 Å². The Labute approximate surface area is 78.7 Å². The average molecular weight is 184 g/mol. The van der Waals surface area contributed by atoms with Crippen LogP contribution in [0.4, 0.5) is 4.79 Å². The molecule has 1 aliphatic heterocycles. The zero-order valence-corrected chi connectivity index (χ0v) is 8.53. The molecular weight excluding hydrogens is 168 g/mol. The second-order valence-electron chi connectivity index (χ2n) is 3.66. The molecule has 1 aliphatic rings. The molecule has 0 aliphatic carbocycles. The molecule has 0 aromatic rings. The van der Waals surface area contributed by atoms with E-state index in [1.165, 1.54) is 0 Å². The van der Waals surface area contributed by atoms with Crippen molar-refractivity contribution in [2.45, 2.75) is 33.8 Å². The van der Waals surface area contributed by atoms with Gasteiger partial charge in [0.05, 0.1) is 5.92 Å². The number of ether oxygens (including phenoxy) is 2. The summed E-state index contributed by atoms with van der Waals surface area (Å²) in [6, 6.07) is 0. The first kappa shape index (κ1) is 10.1. The van der Waals surface area contributed by atoms with Crippen molar-refractivity contribution in [2.75, 3.05) is 0 Å². The average Bonchev–Trinajstić information content (AvgIpc) is 2.08. The highest BCUT2D eigenvalue weighted by molar-refractivity contribution is 5.63. The van der Waals surface area contributed by atoms with E-state index in [4.69, 9.17) is 9.47 Å². The van der Waals surface area contributed by atoms with Gasteiger partial charge in [0.2, 0.25) is 0 Å². The minimum absolute atomic E-state index is 0.0625. The van der Waals surface area contributed by atoms with E-state index in [9.17, 15) is 4.79 Å². The van der Waals surface area contributed by atoms with Crippen molar-refractivity contribution in [1.82, 2.24) is 0 Å². The Hall–Kier alpha value is -0.990. The summed E-state index contributed by atoms with van der Waals surface area (Å²) in [4.78, 5) is 11.0. The van der Waals surface area contributed by atoms with Crippen LogP contribution in [-0.4, -0.2) is 12.3 Å². The van der Waals surface area contributed by atoms with Gasteiger partial charge in [0.15, 0.2) is 0 Å². The molecule has 0 unspecified atom stereocenters. The van der Waals surface area contributed by atoms with Crippen LogP contribution in [0.2, 0.25) is 0 Å². The molecule has 3 heteroatoms. The van der Waals surface area contributed by atoms with Crippen LogP contribution in [0.1, 0.15) is 27.7 Å². The van der Waals surface area contributed by atoms with Crippen molar-refractivity contribution in [3.8, 4) is 0 Å². The van der Waals surface area contributed by atoms with Gasteiger partial charge < -0.3 is 9.47 Å². The molecule has 1 saturated heterocycles. The molecule has 74 valence electrons. The number of carbonyl (C=O) groups excluding carboxylic acids is 1. The van der Waals surface area contributed by atoms with Crippen LogP contribution in [0.25, 0.3) is 0 Å². The highest BCUT2D eigenvalue weighted by atomic mass is 16.7. The fraction of sp³-hybridized carbons (Fsp3) is 0.700. The van der Waals surface area contributed by atoms with E-state index in [1.807, 2.05) is 33.8 Å². The van der Waals surface area contributed by atoms with E-state index in [-0.39, 0.29) is 12.0 Å². The second-order valence-corrected chi connectivity index (χ2v) is 3.66. The number of hydrogen-bond acceptors (Lipinski definition) is 3. The fourth-order valence-corrected chi connectivity index (χ4v) is 1.62. The third-order valence-electron chi connectivity index (χ3n) is 2.32. The molecule has 0 amide bonds. The van der Waals surface area contributed by atoms with Crippen LogP contribution >= 0.6 is 0 Å². The van der Waals surface area contributed by atoms with E-state index in [2.05, 4.69) is 0 Å². The Morgan fingerprint density at radius 3 is 2.54 bits per heavy atom. The molecule has 0 aromatic heterocycles. The lowest BCUT2D eigenvalue weighted by Gasteiger charge is -2.32. The molecule has 2 atom stereocenters. The van der Waals surface area contributed by atoms with Gasteiger partial charge in [0.25, 0.3) is 0 Å². The molecule has 1 heterocycles. The number of rotatable bonds is 1. The van der Waals surface area contributed by atoms with Crippen LogP contribution in [0.3, 0.4) is 0 Å². The Balaban J connectivity index is 2.81. The lowest BCUT2D eigenvalue weighted by molar-refractivity contribution is -0.0403. The van der Waals surface area contributed by atoms with Crippen LogP contribution in [-0.2, 0) is 9.47 Å². The SMILES string of the molecule is C/C=C1/OC(=O)O[C@@H](C(C)C)[C@@H]1C. The van der Waals surface area contributed by atoms with Crippen LogP contribution in [0, 0.1) is 11.8 Å². The van der Waals surface area contributed by atoms with E-state index in [1.54, 1.807) is 0 Å². The van der Waals surface area contributed by atoms with Crippen molar-refractivity contribution >= 4 is 6.16 Å². The molecule has 0 bridgehead atoms. The van der Waals surface area contributed by atoms with Gasteiger partial charge in [-0.3, -0.25) is 0 Å². The first-order valence-electron chi connectivity index (χ1n) is 4.61. The number of allylic oxidation sites excluding steroid dienone is 1. The Morgan fingerprint density at radius 2 is 2.08 bits per heavy atom. The van der Waals surface area contributed by atoms with Crippen molar-refractivity contribution < 1.29 is 14.3 Å². The largest absolute Gasteiger partial charge is 0.513 e. The van der Waals surface area contributed by atoms with Crippen LogP contribution in [0.15, 0.2) is 11.8 Å². The normalized spacial score (nSPS) is 31.8. The Bertz CT molecular complexity index is 230. The summed E-state index contributed by atoms with van der Waals surface area (Å²) in [7, 11) is 0. The summed E-state index contributed by atoms with van der Waals surface area (Å²) < 4.78 is 10.0. The van der Waals surface area contributed by atoms with Gasteiger partial charge in [-0.15, -0.1) is 0 Å². The van der Waals surface area contributed by atoms with E-state index in [0.717, 1.165) is 5.76 Å². The van der Waals surface area contributed by atoms with Gasteiger partial charge in [-0.2, -0.15) is 0 Å². The molecule has 0 radical (unpaired) electrons. The maximum absolute atomic E-state index is 11.0. The molecule has 1 rings (SSSR count). The lowest BCUT2D eigenvalue weighted by atomic mass is 9.92. The predicted molar refractivity (Wildman–Crippen MR) is 49.1 cm³/mol. The van der Waals surface area contributed by atoms with Gasteiger partial charge in [0, 0.05) is 0 Å². The fourth-order valence-electron chi connectivity index (χ4n) is 1.62. The maximum atomic E-state index is 11.0. The Kier molecular flexibility index (Phi) is 2.96. The molecule has 13 heavy (non-hydrogen) atoms. The van der Waals surface area contributed by atoms with Crippen molar-refractivity contribution in [3.63, 3.8) is 0 Å². The standard InChI is InChI=1S/C10H16O3/c1-5-8-7(4)9(6(2)3)13-10(11)12-8/h5-7,9H,1-4H3/b8-5+/t7-,9+/m1/s1. The number of hydrogen-bond donors (Lipinski definition) is 0. The van der Waals surface area contributed by atoms with Crippen molar-refractivity contribution in [3.05, 3.63) is 11.8 Å². The van der Waals surface area contributed by atoms with Gasteiger partial charge >= 0.3 is 6.16 Å². The quantitative estimate of drug-likeness (QED) is 0.588. The molecule has 0 N–H and O–H groups in total. The zero-order valence-electron chi connectivity index (χ0n) is 8.53. The third kappa shape index (κ3) is 2.02. The molecule has 0 spiro atoms. The monoisotopic (exact) mass is 184 g/mol. The topological polar surface area (TPSA) is 35.5 Å². The summed E-state index contributed by atoms with van der Waals surface area (Å²) >= 11 is 0. The third-order valence-corrected chi connectivity index (χ3v) is 2.32. The summed E-state index contributed by atoms with van der Waals surface area (Å²) in [5, 5.41) is 0. The lowest BCUT2D eigenvalue weighted by Crippen LogP contribution is -2.37. The van der Waals surface area contributed by atoms with Gasteiger partial charge in [-0.05, 0) is 18.9 Å². The molecule has 1 fully saturated rings. The highest BCUT2D eigenvalue weighted by Gasteiger charge is 2.34.